The minimum Gasteiger partial charge on any atom is -0.493 e. The summed E-state index contributed by atoms with van der Waals surface area (Å²) in [4.78, 5) is 25.1. The Bertz CT molecular complexity index is 916. The fourth-order valence-corrected chi connectivity index (χ4v) is 3.89. The molecule has 7 nitrogen and oxygen atoms in total. The molecular formula is C24H29NO6. The minimum atomic E-state index is -0.899. The van der Waals surface area contributed by atoms with E-state index < -0.39 is 12.1 Å². The second kappa shape index (κ2) is 10.2. The molecular weight excluding hydrogens is 398 g/mol. The molecule has 31 heavy (non-hydrogen) atoms. The van der Waals surface area contributed by atoms with E-state index in [1.165, 1.54) is 26.9 Å². The standard InChI is InChI=1S/C24H29NO6/c1-15(24(27)25-19-11-7-9-17-8-5-6-10-18(17)19)31-22(26)14-16-12-20(28-2)23(30-4)21(13-16)29-3/h5-6,8,10,12-13,15,19H,7,9,11,14H2,1-4H3,(H,25,27)/t15-,19+/m0/s1. The molecule has 0 radical (unpaired) electrons. The zero-order valence-electron chi connectivity index (χ0n) is 18.4. The molecule has 166 valence electrons. The van der Waals surface area contributed by atoms with Crippen LogP contribution in [0.4, 0.5) is 0 Å². The van der Waals surface area contributed by atoms with E-state index in [1.807, 2.05) is 18.2 Å². The third-order valence-corrected chi connectivity index (χ3v) is 5.44. The number of hydrogen-bond donors (Lipinski definition) is 1. The Morgan fingerprint density at radius 2 is 1.74 bits per heavy atom. The topological polar surface area (TPSA) is 83.1 Å². The highest BCUT2D eigenvalue weighted by Crippen LogP contribution is 2.38. The van der Waals surface area contributed by atoms with Crippen LogP contribution in [0.15, 0.2) is 36.4 Å². The van der Waals surface area contributed by atoms with Crippen LogP contribution in [-0.4, -0.2) is 39.3 Å². The van der Waals surface area contributed by atoms with Crippen LogP contribution in [-0.2, 0) is 27.2 Å². The number of rotatable bonds is 8. The Morgan fingerprint density at radius 3 is 2.39 bits per heavy atom. The molecule has 0 fully saturated rings. The Kier molecular flexibility index (Phi) is 7.39. The van der Waals surface area contributed by atoms with E-state index in [4.69, 9.17) is 18.9 Å². The number of fused-ring (bicyclic) bond motifs is 1. The fraction of sp³-hybridized carbons (Fsp3) is 0.417. The monoisotopic (exact) mass is 427 g/mol. The highest BCUT2D eigenvalue weighted by atomic mass is 16.5. The largest absolute Gasteiger partial charge is 0.493 e. The lowest BCUT2D eigenvalue weighted by molar-refractivity contribution is -0.154. The molecule has 1 amide bonds. The summed E-state index contributed by atoms with van der Waals surface area (Å²) in [5.41, 5.74) is 3.03. The maximum atomic E-state index is 12.6. The van der Waals surface area contributed by atoms with Gasteiger partial charge >= 0.3 is 5.97 Å². The van der Waals surface area contributed by atoms with E-state index in [-0.39, 0.29) is 18.4 Å². The maximum Gasteiger partial charge on any atom is 0.311 e. The van der Waals surface area contributed by atoms with Gasteiger partial charge in [0.15, 0.2) is 17.6 Å². The van der Waals surface area contributed by atoms with Gasteiger partial charge in [0.25, 0.3) is 5.91 Å². The van der Waals surface area contributed by atoms with Crippen molar-refractivity contribution in [3.63, 3.8) is 0 Å². The van der Waals surface area contributed by atoms with Gasteiger partial charge in [0.2, 0.25) is 5.75 Å². The Hall–Kier alpha value is -3.22. The summed E-state index contributed by atoms with van der Waals surface area (Å²) in [5, 5.41) is 3.02. The molecule has 0 aliphatic heterocycles. The van der Waals surface area contributed by atoms with Crippen molar-refractivity contribution in [1.82, 2.24) is 5.32 Å². The zero-order valence-corrected chi connectivity index (χ0v) is 18.4. The summed E-state index contributed by atoms with van der Waals surface area (Å²) >= 11 is 0. The van der Waals surface area contributed by atoms with Crippen molar-refractivity contribution in [2.75, 3.05) is 21.3 Å². The molecule has 1 aliphatic rings. The first-order valence-corrected chi connectivity index (χ1v) is 10.3. The lowest BCUT2D eigenvalue weighted by Gasteiger charge is -2.27. The van der Waals surface area contributed by atoms with Gasteiger partial charge in [-0.2, -0.15) is 0 Å². The van der Waals surface area contributed by atoms with Crippen molar-refractivity contribution in [1.29, 1.82) is 0 Å². The molecule has 0 aromatic heterocycles. The summed E-state index contributed by atoms with van der Waals surface area (Å²) in [5.74, 6) is 0.529. The van der Waals surface area contributed by atoms with Crippen LogP contribution >= 0.6 is 0 Å². The summed E-state index contributed by atoms with van der Waals surface area (Å²) < 4.78 is 21.3. The number of carbonyl (C=O) groups is 2. The van der Waals surface area contributed by atoms with Gasteiger partial charge < -0.3 is 24.3 Å². The number of carbonyl (C=O) groups excluding carboxylic acids is 2. The average Bonchev–Trinajstić information content (AvgIpc) is 2.78. The highest BCUT2D eigenvalue weighted by Gasteiger charge is 2.25. The molecule has 2 atom stereocenters. The van der Waals surface area contributed by atoms with E-state index in [1.54, 1.807) is 19.1 Å². The first-order valence-electron chi connectivity index (χ1n) is 10.3. The first kappa shape index (κ1) is 22.5. The van der Waals surface area contributed by atoms with Gasteiger partial charge in [-0.15, -0.1) is 0 Å². The second-order valence-corrected chi connectivity index (χ2v) is 7.49. The lowest BCUT2D eigenvalue weighted by Crippen LogP contribution is -2.39. The van der Waals surface area contributed by atoms with Gasteiger partial charge in [-0.05, 0) is 55.0 Å². The van der Waals surface area contributed by atoms with Gasteiger partial charge in [-0.3, -0.25) is 9.59 Å². The fourth-order valence-electron chi connectivity index (χ4n) is 3.89. The van der Waals surface area contributed by atoms with Crippen LogP contribution in [0.2, 0.25) is 0 Å². The van der Waals surface area contributed by atoms with E-state index in [2.05, 4.69) is 11.4 Å². The van der Waals surface area contributed by atoms with Crippen molar-refractivity contribution in [2.24, 2.45) is 0 Å². The first-order chi connectivity index (χ1) is 15.0. The van der Waals surface area contributed by atoms with Gasteiger partial charge in [0, 0.05) is 0 Å². The van der Waals surface area contributed by atoms with Crippen molar-refractivity contribution >= 4 is 11.9 Å². The predicted molar refractivity (Wildman–Crippen MR) is 116 cm³/mol. The number of aryl methyl sites for hydroxylation is 1. The molecule has 0 saturated carbocycles. The Morgan fingerprint density at radius 1 is 1.06 bits per heavy atom. The van der Waals surface area contributed by atoms with E-state index in [0.29, 0.717) is 22.8 Å². The summed E-state index contributed by atoms with van der Waals surface area (Å²) in [6, 6.07) is 11.4. The zero-order chi connectivity index (χ0) is 22.4. The quantitative estimate of drug-likeness (QED) is 0.651. The maximum absolute atomic E-state index is 12.6. The van der Waals surface area contributed by atoms with Crippen LogP contribution in [0.3, 0.4) is 0 Å². The number of hydrogen-bond acceptors (Lipinski definition) is 6. The molecule has 0 bridgehead atoms. The molecule has 0 heterocycles. The number of amides is 1. The molecule has 0 saturated heterocycles. The minimum absolute atomic E-state index is 0.0272. The number of nitrogens with one attached hydrogen (secondary N) is 1. The predicted octanol–water partition coefficient (Wildman–Crippen LogP) is 3.38. The lowest BCUT2D eigenvalue weighted by atomic mass is 9.87. The smallest absolute Gasteiger partial charge is 0.311 e. The Labute approximate surface area is 182 Å². The molecule has 0 spiro atoms. The van der Waals surface area contributed by atoms with Crippen LogP contribution in [0.5, 0.6) is 17.2 Å². The molecule has 1 aliphatic carbocycles. The number of ether oxygens (including phenoxy) is 4. The second-order valence-electron chi connectivity index (χ2n) is 7.49. The van der Waals surface area contributed by atoms with E-state index in [0.717, 1.165) is 24.8 Å². The van der Waals surface area contributed by atoms with E-state index in [9.17, 15) is 9.59 Å². The number of methoxy groups -OCH3 is 3. The van der Waals surface area contributed by atoms with Crippen molar-refractivity contribution in [2.45, 2.75) is 44.8 Å². The van der Waals surface area contributed by atoms with Crippen molar-refractivity contribution < 1.29 is 28.5 Å². The van der Waals surface area contributed by atoms with Crippen LogP contribution < -0.4 is 19.5 Å². The Balaban J connectivity index is 1.61. The summed E-state index contributed by atoms with van der Waals surface area (Å²) in [6.45, 7) is 1.58. The van der Waals surface area contributed by atoms with E-state index >= 15 is 0 Å². The summed E-state index contributed by atoms with van der Waals surface area (Å²) in [6.07, 6.45) is 1.97. The normalized spacial score (nSPS) is 15.9. The van der Waals surface area contributed by atoms with Gasteiger partial charge in [-0.1, -0.05) is 24.3 Å². The van der Waals surface area contributed by atoms with Crippen molar-refractivity contribution in [3.8, 4) is 17.2 Å². The van der Waals surface area contributed by atoms with Crippen molar-refractivity contribution in [3.05, 3.63) is 53.1 Å². The molecule has 7 heteroatoms. The SMILES string of the molecule is COc1cc(CC(=O)O[C@@H](C)C(=O)N[C@@H]2CCCc3ccccc32)cc(OC)c1OC. The van der Waals surface area contributed by atoms with Crippen LogP contribution in [0.25, 0.3) is 0 Å². The molecule has 1 N–H and O–H groups in total. The van der Waals surface area contributed by atoms with Gasteiger partial charge in [0.05, 0.1) is 33.8 Å². The summed E-state index contributed by atoms with van der Waals surface area (Å²) in [7, 11) is 4.53. The number of benzene rings is 2. The van der Waals surface area contributed by atoms with Gasteiger partial charge in [0.1, 0.15) is 0 Å². The van der Waals surface area contributed by atoms with Gasteiger partial charge in [-0.25, -0.2) is 0 Å². The van der Waals surface area contributed by atoms with Crippen LogP contribution in [0.1, 0.15) is 42.5 Å². The molecule has 0 unspecified atom stereocenters. The molecule has 2 aromatic carbocycles. The molecule has 2 aromatic rings. The number of esters is 1. The third-order valence-electron chi connectivity index (χ3n) is 5.44. The van der Waals surface area contributed by atoms with Crippen LogP contribution in [0, 0.1) is 0 Å². The highest BCUT2D eigenvalue weighted by molar-refractivity contribution is 5.84. The average molecular weight is 427 g/mol. The third kappa shape index (κ3) is 5.29. The molecule has 3 rings (SSSR count).